The van der Waals surface area contributed by atoms with E-state index in [1.54, 1.807) is 6.20 Å². The molecule has 3 saturated carbocycles. The van der Waals surface area contributed by atoms with Crippen LogP contribution in [0.2, 0.25) is 5.15 Å². The van der Waals surface area contributed by atoms with Crippen LogP contribution in [0.3, 0.4) is 0 Å². The number of nitrogens with zero attached hydrogens (tertiary/aromatic N) is 4. The summed E-state index contributed by atoms with van der Waals surface area (Å²) >= 11 is 7.59. The molecule has 0 aromatic carbocycles. The maximum absolute atomic E-state index is 12.1. The number of fused-ring (bicyclic) bond motifs is 5. The van der Waals surface area contributed by atoms with E-state index in [4.69, 9.17) is 21.6 Å². The van der Waals surface area contributed by atoms with E-state index < -0.39 is 11.9 Å². The molecule has 158 valence electrons. The van der Waals surface area contributed by atoms with E-state index in [0.717, 1.165) is 35.9 Å². The number of hydrogen-bond acceptors (Lipinski definition) is 7. The van der Waals surface area contributed by atoms with E-state index in [2.05, 4.69) is 20.3 Å². The predicted octanol–water partition coefficient (Wildman–Crippen LogP) is 4.58. The lowest BCUT2D eigenvalue weighted by atomic mass is 9.61. The van der Waals surface area contributed by atoms with Crippen LogP contribution >= 0.6 is 22.9 Å². The van der Waals surface area contributed by atoms with E-state index in [1.807, 2.05) is 11.4 Å². The van der Waals surface area contributed by atoms with Gasteiger partial charge in [0.25, 0.3) is 0 Å². The number of carboxylic acid groups (broad SMARTS) is 1. The first kappa shape index (κ1) is 18.9. The molecule has 4 aromatic heterocycles. The van der Waals surface area contributed by atoms with Crippen molar-refractivity contribution in [3.05, 3.63) is 29.0 Å². The Bertz CT molecular complexity index is 1310. The Morgan fingerprint density at radius 3 is 2.81 bits per heavy atom. The monoisotopic (exact) mass is 454 g/mol. The fourth-order valence-corrected chi connectivity index (χ4v) is 6.19. The van der Waals surface area contributed by atoms with Crippen LogP contribution in [-0.4, -0.2) is 42.0 Å². The first-order valence-electron chi connectivity index (χ1n) is 10.3. The standard InChI is InChI=1S/C21H19ClN6O2S/c22-13-8-24-19-16(25-13)12(7-23-19)18-27-17(11-5-6-31-20(11)28-18)26-15-10-3-1-9(2-4-10)14(15)21(29)30/h5-10,14-15H,1-4H2,(H,23,24)(H,29,30)(H,26,27,28)/t9?,10?,14-,15-/m0/s1. The van der Waals surface area contributed by atoms with Crippen LogP contribution in [0.1, 0.15) is 25.7 Å². The van der Waals surface area contributed by atoms with Crippen LogP contribution in [0.25, 0.3) is 32.8 Å². The summed E-state index contributed by atoms with van der Waals surface area (Å²) in [5.41, 5.74) is 1.93. The fourth-order valence-electron chi connectivity index (χ4n) is 5.30. The number of hydrogen-bond donors (Lipinski definition) is 3. The summed E-state index contributed by atoms with van der Waals surface area (Å²) in [6, 6.07) is 1.85. The maximum Gasteiger partial charge on any atom is 0.308 e. The molecule has 31 heavy (non-hydrogen) atoms. The molecule has 4 aromatic rings. The van der Waals surface area contributed by atoms with Gasteiger partial charge in [-0.25, -0.2) is 19.9 Å². The molecule has 0 saturated heterocycles. The number of carboxylic acids is 1. The van der Waals surface area contributed by atoms with Crippen molar-refractivity contribution in [3.8, 4) is 11.4 Å². The summed E-state index contributed by atoms with van der Waals surface area (Å²) in [5.74, 6) is 0.644. The van der Waals surface area contributed by atoms with Crippen molar-refractivity contribution in [2.75, 3.05) is 5.32 Å². The normalized spacial score (nSPS) is 25.3. The van der Waals surface area contributed by atoms with Crippen molar-refractivity contribution >= 4 is 56.1 Å². The summed E-state index contributed by atoms with van der Waals surface area (Å²) in [7, 11) is 0. The van der Waals surface area contributed by atoms with Gasteiger partial charge in [-0.05, 0) is 49.0 Å². The molecule has 0 spiro atoms. The highest BCUT2D eigenvalue weighted by molar-refractivity contribution is 7.16. The van der Waals surface area contributed by atoms with Gasteiger partial charge < -0.3 is 15.4 Å². The second-order valence-corrected chi connectivity index (χ2v) is 9.62. The average molecular weight is 455 g/mol. The zero-order valence-corrected chi connectivity index (χ0v) is 18.0. The second-order valence-electron chi connectivity index (χ2n) is 8.34. The van der Waals surface area contributed by atoms with Gasteiger partial charge in [0.1, 0.15) is 21.3 Å². The topological polar surface area (TPSA) is 117 Å². The van der Waals surface area contributed by atoms with Crippen molar-refractivity contribution < 1.29 is 9.90 Å². The Morgan fingerprint density at radius 2 is 2.00 bits per heavy atom. The number of H-pyrrole nitrogens is 1. The molecular weight excluding hydrogens is 436 g/mol. The quantitative estimate of drug-likeness (QED) is 0.413. The molecule has 2 bridgehead atoms. The van der Waals surface area contributed by atoms with E-state index in [1.165, 1.54) is 17.5 Å². The van der Waals surface area contributed by atoms with Crippen molar-refractivity contribution in [2.45, 2.75) is 31.7 Å². The SMILES string of the molecule is O=C(O)[C@H]1C2CCC(CC2)[C@@H]1Nc1nc(-c2c[nH]c3ncc(Cl)nc23)nc2sccc12. The minimum absolute atomic E-state index is 0.131. The molecule has 7 rings (SSSR count). The molecule has 0 unspecified atom stereocenters. The molecule has 3 aliphatic carbocycles. The molecule has 2 atom stereocenters. The lowest BCUT2D eigenvalue weighted by Crippen LogP contribution is -2.51. The summed E-state index contributed by atoms with van der Waals surface area (Å²) < 4.78 is 0. The maximum atomic E-state index is 12.1. The fraction of sp³-hybridized carbons (Fsp3) is 0.381. The van der Waals surface area contributed by atoms with Crippen LogP contribution in [0.5, 0.6) is 0 Å². The number of aromatic amines is 1. The van der Waals surface area contributed by atoms with Gasteiger partial charge in [0.2, 0.25) is 0 Å². The lowest BCUT2D eigenvalue weighted by molar-refractivity contribution is -0.148. The Kier molecular flexibility index (Phi) is 4.36. The zero-order chi connectivity index (χ0) is 21.1. The lowest BCUT2D eigenvalue weighted by Gasteiger charge is -2.47. The second kappa shape index (κ2) is 7.13. The summed E-state index contributed by atoms with van der Waals surface area (Å²) in [6.07, 6.45) is 7.39. The number of halogens is 1. The van der Waals surface area contributed by atoms with Crippen LogP contribution in [0.15, 0.2) is 23.8 Å². The average Bonchev–Trinajstić information content (AvgIpc) is 3.41. The number of aromatic nitrogens is 5. The van der Waals surface area contributed by atoms with Crippen molar-refractivity contribution in [2.24, 2.45) is 17.8 Å². The number of anilines is 1. The van der Waals surface area contributed by atoms with Gasteiger partial charge in [-0.1, -0.05) is 11.6 Å². The molecule has 0 radical (unpaired) electrons. The molecular formula is C21H19ClN6O2S. The third-order valence-electron chi connectivity index (χ3n) is 6.73. The van der Waals surface area contributed by atoms with Crippen molar-refractivity contribution in [1.29, 1.82) is 0 Å². The van der Waals surface area contributed by atoms with Gasteiger partial charge in [0.05, 0.1) is 23.1 Å². The smallest absolute Gasteiger partial charge is 0.308 e. The van der Waals surface area contributed by atoms with Gasteiger partial charge in [0, 0.05) is 12.2 Å². The number of thiophene rings is 1. The molecule has 0 amide bonds. The minimum atomic E-state index is -0.718. The third kappa shape index (κ3) is 3.06. The number of carbonyl (C=O) groups is 1. The van der Waals surface area contributed by atoms with E-state index in [9.17, 15) is 9.90 Å². The molecule has 10 heteroatoms. The van der Waals surface area contributed by atoms with Crippen LogP contribution < -0.4 is 5.32 Å². The largest absolute Gasteiger partial charge is 0.481 e. The van der Waals surface area contributed by atoms with E-state index in [0.29, 0.717) is 39.4 Å². The van der Waals surface area contributed by atoms with Gasteiger partial charge in [-0.15, -0.1) is 11.3 Å². The summed E-state index contributed by atoms with van der Waals surface area (Å²) in [5, 5.41) is 16.6. The van der Waals surface area contributed by atoms with Crippen molar-refractivity contribution in [1.82, 2.24) is 24.9 Å². The molecule has 3 N–H and O–H groups in total. The molecule has 0 aliphatic heterocycles. The third-order valence-corrected chi connectivity index (χ3v) is 7.71. The first-order valence-corrected chi connectivity index (χ1v) is 11.6. The highest BCUT2D eigenvalue weighted by atomic mass is 35.5. The van der Waals surface area contributed by atoms with Gasteiger partial charge in [-0.2, -0.15) is 0 Å². The Balaban J connectivity index is 1.46. The number of rotatable bonds is 4. The number of aliphatic carboxylic acids is 1. The van der Waals surface area contributed by atoms with Crippen LogP contribution in [0, 0.1) is 17.8 Å². The van der Waals surface area contributed by atoms with Gasteiger partial charge in [0.15, 0.2) is 11.5 Å². The van der Waals surface area contributed by atoms with Crippen LogP contribution in [-0.2, 0) is 4.79 Å². The molecule has 3 fully saturated rings. The molecule has 4 heterocycles. The Morgan fingerprint density at radius 1 is 1.19 bits per heavy atom. The van der Waals surface area contributed by atoms with Gasteiger partial charge >= 0.3 is 5.97 Å². The number of nitrogens with one attached hydrogen (secondary N) is 2. The summed E-state index contributed by atoms with van der Waals surface area (Å²) in [4.78, 5) is 34.2. The van der Waals surface area contributed by atoms with Crippen molar-refractivity contribution in [3.63, 3.8) is 0 Å². The minimum Gasteiger partial charge on any atom is -0.481 e. The Hall–Kier alpha value is -2.78. The highest BCUT2D eigenvalue weighted by Gasteiger charge is 2.47. The first-order chi connectivity index (χ1) is 15.1. The van der Waals surface area contributed by atoms with E-state index in [-0.39, 0.29) is 12.0 Å². The Labute approximate surface area is 186 Å². The summed E-state index contributed by atoms with van der Waals surface area (Å²) in [6.45, 7) is 0. The molecule has 3 aliphatic rings. The zero-order valence-electron chi connectivity index (χ0n) is 16.4. The predicted molar refractivity (Wildman–Crippen MR) is 119 cm³/mol. The van der Waals surface area contributed by atoms with Gasteiger partial charge in [-0.3, -0.25) is 4.79 Å². The van der Waals surface area contributed by atoms with Crippen LogP contribution in [0.4, 0.5) is 5.82 Å². The highest BCUT2D eigenvalue weighted by Crippen LogP contribution is 2.47. The molecule has 8 nitrogen and oxygen atoms in total. The van der Waals surface area contributed by atoms with E-state index >= 15 is 0 Å².